The number of nitro groups is 1. The standard InChI is InChI=1S/C17H16F6N2O.C11H12ClNO3S.C6H6N4O4/c18-16(19,20)11-5-3-4-9-10(15(26)12-6-1-2-7-24-12)8-13(17(21,22)23)25-14(9)11;1-13-10(14)6-7-17(15,16)11(13)8-2-4-9(12)5-3-8;7-6(11)9-8-3-4-1-2-5(14-4)10(12)13/h3-5,8,12,15,24,26H,1-2,6-7H2;2-5,11H,6-7H2,1H3;1-3H,(H3,7,9,11)/b;;8-3+/t12-,15+;;/m1../s1. The van der Waals surface area contributed by atoms with E-state index in [9.17, 15) is 59.6 Å². The molecular formula is C34H34ClF6N7O8S. The van der Waals surface area contributed by atoms with Gasteiger partial charge < -0.3 is 25.5 Å². The maximum atomic E-state index is 13.2. The van der Waals surface area contributed by atoms with Crippen LogP contribution in [-0.2, 0) is 27.0 Å². The van der Waals surface area contributed by atoms with Gasteiger partial charge >= 0.3 is 24.3 Å². The molecule has 2 aliphatic heterocycles. The number of hydrogen-bond acceptors (Lipinski definition) is 11. The molecule has 2 saturated heterocycles. The second kappa shape index (κ2) is 18.3. The number of nitrogens with one attached hydrogen (secondary N) is 2. The Balaban J connectivity index is 0.000000201. The molecule has 23 heteroatoms. The van der Waals surface area contributed by atoms with Crippen LogP contribution in [0.2, 0.25) is 5.02 Å². The Hall–Kier alpha value is -5.32. The molecule has 0 saturated carbocycles. The van der Waals surface area contributed by atoms with Crippen molar-refractivity contribution < 1.29 is 58.8 Å². The highest BCUT2D eigenvalue weighted by Gasteiger charge is 2.40. The largest absolute Gasteiger partial charge is 0.433 e. The number of carbonyl (C=O) groups is 2. The number of sulfone groups is 1. The number of hydrazone groups is 1. The summed E-state index contributed by atoms with van der Waals surface area (Å²) in [6.45, 7) is 0.588. The van der Waals surface area contributed by atoms with Crippen molar-refractivity contribution in [3.05, 3.63) is 104 Å². The van der Waals surface area contributed by atoms with E-state index in [1.54, 1.807) is 24.3 Å². The lowest BCUT2D eigenvalue weighted by Gasteiger charge is -2.32. The maximum absolute atomic E-state index is 13.2. The van der Waals surface area contributed by atoms with Gasteiger partial charge in [0.05, 0.1) is 35.2 Å². The lowest BCUT2D eigenvalue weighted by Crippen LogP contribution is -2.42. The van der Waals surface area contributed by atoms with E-state index >= 15 is 0 Å². The van der Waals surface area contributed by atoms with Crippen molar-refractivity contribution in [1.82, 2.24) is 20.6 Å². The fraction of sp³-hybridized carbons (Fsp3) is 0.353. The molecule has 15 nitrogen and oxygen atoms in total. The summed E-state index contributed by atoms with van der Waals surface area (Å²) in [5.74, 6) is -0.500. The third-order valence-electron chi connectivity index (χ3n) is 8.52. The summed E-state index contributed by atoms with van der Waals surface area (Å²) in [5, 5.41) is 26.6. The molecule has 1 unspecified atom stereocenters. The number of hydrogen-bond donors (Lipinski definition) is 4. The molecule has 4 aromatic rings. The van der Waals surface area contributed by atoms with Crippen LogP contribution in [0.3, 0.4) is 0 Å². The Kier molecular flexibility index (Phi) is 14.3. The molecule has 3 atom stereocenters. The molecule has 2 aromatic heterocycles. The summed E-state index contributed by atoms with van der Waals surface area (Å²) in [7, 11) is -1.80. The van der Waals surface area contributed by atoms with Gasteiger partial charge in [0.2, 0.25) is 5.91 Å². The number of furan rings is 1. The zero-order valence-corrected chi connectivity index (χ0v) is 31.1. The van der Waals surface area contributed by atoms with Crippen LogP contribution < -0.4 is 16.5 Å². The van der Waals surface area contributed by atoms with Gasteiger partial charge in [-0.1, -0.05) is 42.3 Å². The predicted molar refractivity (Wildman–Crippen MR) is 193 cm³/mol. The molecule has 5 N–H and O–H groups in total. The first-order chi connectivity index (χ1) is 26.6. The van der Waals surface area contributed by atoms with E-state index in [0.29, 0.717) is 35.7 Å². The number of para-hydroxylation sites is 1. The Morgan fingerprint density at radius 3 is 2.39 bits per heavy atom. The number of amides is 3. The van der Waals surface area contributed by atoms with Crippen molar-refractivity contribution in [2.24, 2.45) is 10.8 Å². The van der Waals surface area contributed by atoms with Gasteiger partial charge in [0, 0.05) is 29.9 Å². The van der Waals surface area contributed by atoms with E-state index in [4.69, 9.17) is 17.3 Å². The number of halogens is 7. The molecular weight excluding hydrogens is 816 g/mol. The molecule has 2 aromatic carbocycles. The van der Waals surface area contributed by atoms with E-state index in [1.807, 2.05) is 5.43 Å². The molecule has 57 heavy (non-hydrogen) atoms. The second-order valence-electron chi connectivity index (χ2n) is 12.5. The smallest absolute Gasteiger partial charge is 0.400 e. The number of aliphatic hydroxyl groups excluding tert-OH is 1. The Morgan fingerprint density at radius 1 is 1.14 bits per heavy atom. The molecule has 308 valence electrons. The highest BCUT2D eigenvalue weighted by atomic mass is 35.5. The number of carbonyl (C=O) groups excluding carboxylic acids is 2. The number of nitrogens with zero attached hydrogens (tertiary/aromatic N) is 4. The number of piperidine rings is 1. The Morgan fingerprint density at radius 2 is 1.82 bits per heavy atom. The molecule has 3 amide bonds. The minimum absolute atomic E-state index is 0.0585. The van der Waals surface area contributed by atoms with Gasteiger partial charge in [0.15, 0.2) is 21.0 Å². The van der Waals surface area contributed by atoms with Gasteiger partial charge in [0.1, 0.15) is 10.6 Å². The molecule has 0 aliphatic carbocycles. The number of urea groups is 1. The van der Waals surface area contributed by atoms with Crippen molar-refractivity contribution in [3.63, 3.8) is 0 Å². The number of benzene rings is 2. The monoisotopic (exact) mass is 849 g/mol. The van der Waals surface area contributed by atoms with Crippen molar-refractivity contribution in [1.29, 1.82) is 0 Å². The number of rotatable bonds is 6. The summed E-state index contributed by atoms with van der Waals surface area (Å²) >= 11 is 5.76. The van der Waals surface area contributed by atoms with Crippen LogP contribution >= 0.6 is 11.6 Å². The van der Waals surface area contributed by atoms with E-state index in [-0.39, 0.29) is 34.8 Å². The molecule has 2 aliphatic rings. The van der Waals surface area contributed by atoms with Gasteiger partial charge in [-0.2, -0.15) is 31.4 Å². The SMILES string of the molecule is CN1C(=O)CCS(=O)(=O)C1c1ccc(Cl)cc1.NC(=O)N/N=C/c1ccc([N+](=O)[O-])o1.O[C@@H](c1cc(C(F)(F)F)nc2c(C(F)(F)F)cccc12)[C@H]1CCCCN1. The normalized spacial score (nSPS) is 18.9. The van der Waals surface area contributed by atoms with E-state index in [0.717, 1.165) is 25.1 Å². The van der Waals surface area contributed by atoms with Crippen LogP contribution in [0, 0.1) is 10.1 Å². The minimum Gasteiger partial charge on any atom is -0.400 e. The summed E-state index contributed by atoms with van der Waals surface area (Å²) in [6, 6.07) is 11.4. The number of primary amides is 1. The van der Waals surface area contributed by atoms with E-state index < -0.39 is 73.3 Å². The molecule has 0 radical (unpaired) electrons. The second-order valence-corrected chi connectivity index (χ2v) is 15.1. The van der Waals surface area contributed by atoms with Gasteiger partial charge in [-0.25, -0.2) is 23.6 Å². The average Bonchev–Trinajstić information content (AvgIpc) is 3.62. The van der Waals surface area contributed by atoms with Gasteiger partial charge in [-0.15, -0.1) is 0 Å². The summed E-state index contributed by atoms with van der Waals surface area (Å²) in [6.07, 6.45) is -7.84. The highest BCUT2D eigenvalue weighted by Crippen LogP contribution is 2.40. The molecule has 2 fully saturated rings. The van der Waals surface area contributed by atoms with E-state index in [1.165, 1.54) is 30.1 Å². The minimum atomic E-state index is -4.93. The summed E-state index contributed by atoms with van der Waals surface area (Å²) in [5.41, 5.74) is 3.47. The van der Waals surface area contributed by atoms with Crippen LogP contribution in [0.5, 0.6) is 0 Å². The van der Waals surface area contributed by atoms with Crippen LogP contribution in [-0.4, -0.2) is 71.9 Å². The van der Waals surface area contributed by atoms with Gasteiger partial charge in [0.25, 0.3) is 0 Å². The van der Waals surface area contributed by atoms with E-state index in [2.05, 4.69) is 19.8 Å². The molecule has 0 spiro atoms. The third-order valence-corrected chi connectivity index (χ3v) is 10.8. The van der Waals surface area contributed by atoms with Gasteiger partial charge in [-0.05, 0) is 60.8 Å². The first-order valence-electron chi connectivity index (χ1n) is 16.6. The molecule has 6 rings (SSSR count). The number of fused-ring (bicyclic) bond motifs is 1. The average molecular weight is 850 g/mol. The lowest BCUT2D eigenvalue weighted by molar-refractivity contribution is -0.402. The third kappa shape index (κ3) is 11.6. The Labute approximate surface area is 324 Å². The Bertz CT molecular complexity index is 2210. The zero-order valence-electron chi connectivity index (χ0n) is 29.6. The van der Waals surface area contributed by atoms with Crippen LogP contribution in [0.25, 0.3) is 10.9 Å². The van der Waals surface area contributed by atoms with Gasteiger partial charge in [-0.3, -0.25) is 14.9 Å². The fourth-order valence-corrected chi connectivity index (χ4v) is 7.85. The van der Waals surface area contributed by atoms with Crippen LogP contribution in [0.4, 0.5) is 37.0 Å². The summed E-state index contributed by atoms with van der Waals surface area (Å²) in [4.78, 5) is 35.7. The number of aromatic nitrogens is 1. The quantitative estimate of drug-likeness (QED) is 0.0738. The van der Waals surface area contributed by atoms with Crippen molar-refractivity contribution in [2.75, 3.05) is 19.3 Å². The number of alkyl halides is 6. The van der Waals surface area contributed by atoms with Crippen LogP contribution in [0.1, 0.15) is 65.3 Å². The molecule has 4 heterocycles. The number of nitrogens with two attached hydrogens (primary N) is 1. The van der Waals surface area contributed by atoms with Crippen molar-refractivity contribution in [3.8, 4) is 0 Å². The number of pyridine rings is 1. The topological polar surface area (TPSA) is 223 Å². The number of aliphatic hydroxyl groups is 1. The molecule has 0 bridgehead atoms. The van der Waals surface area contributed by atoms with Crippen molar-refractivity contribution in [2.45, 2.75) is 55.6 Å². The maximum Gasteiger partial charge on any atom is 0.433 e. The lowest BCUT2D eigenvalue weighted by atomic mass is 9.91. The van der Waals surface area contributed by atoms with Crippen LogP contribution in [0.15, 0.2) is 70.2 Å². The first kappa shape index (κ1) is 44.4. The highest BCUT2D eigenvalue weighted by molar-refractivity contribution is 7.91. The fourth-order valence-electron chi connectivity index (χ4n) is 5.88. The zero-order chi connectivity index (χ0) is 42.3. The van der Waals surface area contributed by atoms with Crippen molar-refractivity contribution >= 4 is 56.4 Å². The summed E-state index contributed by atoms with van der Waals surface area (Å²) < 4.78 is 108. The predicted octanol–water partition coefficient (Wildman–Crippen LogP) is 6.25. The first-order valence-corrected chi connectivity index (χ1v) is 18.7.